The lowest BCUT2D eigenvalue weighted by Gasteiger charge is -2.30. The fourth-order valence-electron chi connectivity index (χ4n) is 4.52. The van der Waals surface area contributed by atoms with E-state index in [1.54, 1.807) is 0 Å². The molecule has 0 amide bonds. The Hall–Kier alpha value is -4.10. The quantitative estimate of drug-likeness (QED) is 0.246. The van der Waals surface area contributed by atoms with Crippen LogP contribution in [-0.2, 0) is 6.18 Å². The Kier molecular flexibility index (Phi) is 6.25. The first-order chi connectivity index (χ1) is 17.7. The van der Waals surface area contributed by atoms with Gasteiger partial charge in [-0.25, -0.2) is 23.6 Å². The van der Waals surface area contributed by atoms with Crippen LogP contribution in [0.15, 0.2) is 54.6 Å². The SMILES string of the molecule is [C-]#[N+]c1ccc(-c2nc(N3CCC(N)CC3)nc3c(F)cc(-c4ccccc4C(F)(F)F)cc23)cc1F. The number of aromatic nitrogens is 2. The summed E-state index contributed by atoms with van der Waals surface area (Å²) in [6.45, 7) is 8.17. The summed E-state index contributed by atoms with van der Waals surface area (Å²) >= 11 is 0. The molecule has 0 unspecified atom stereocenters. The summed E-state index contributed by atoms with van der Waals surface area (Å²) in [7, 11) is 0. The Morgan fingerprint density at radius 3 is 2.30 bits per heavy atom. The van der Waals surface area contributed by atoms with Crippen molar-refractivity contribution in [1.29, 1.82) is 0 Å². The number of anilines is 1. The van der Waals surface area contributed by atoms with E-state index in [4.69, 9.17) is 12.3 Å². The molecule has 1 aliphatic heterocycles. The number of halogens is 5. The molecule has 0 spiro atoms. The first-order valence-electron chi connectivity index (χ1n) is 11.5. The zero-order valence-electron chi connectivity index (χ0n) is 19.4. The van der Waals surface area contributed by atoms with Gasteiger partial charge in [-0.3, -0.25) is 0 Å². The average molecular weight is 509 g/mol. The molecule has 1 aliphatic rings. The maximum atomic E-state index is 15.5. The summed E-state index contributed by atoms with van der Waals surface area (Å²) in [5.41, 5.74) is 4.96. The van der Waals surface area contributed by atoms with Gasteiger partial charge in [0.15, 0.2) is 0 Å². The normalized spacial score (nSPS) is 14.7. The van der Waals surface area contributed by atoms with Crippen molar-refractivity contribution in [1.82, 2.24) is 9.97 Å². The molecular weight excluding hydrogens is 489 g/mol. The minimum Gasteiger partial charge on any atom is -0.341 e. The number of rotatable bonds is 3. The molecule has 1 saturated heterocycles. The van der Waals surface area contributed by atoms with Gasteiger partial charge in [0.2, 0.25) is 11.6 Å². The second-order valence-electron chi connectivity index (χ2n) is 8.87. The van der Waals surface area contributed by atoms with Crippen LogP contribution >= 0.6 is 0 Å². The van der Waals surface area contributed by atoms with Gasteiger partial charge in [-0.1, -0.05) is 30.3 Å². The highest BCUT2D eigenvalue weighted by Gasteiger charge is 2.33. The molecule has 4 aromatic rings. The van der Waals surface area contributed by atoms with Crippen LogP contribution in [0.2, 0.25) is 0 Å². The van der Waals surface area contributed by atoms with Gasteiger partial charge >= 0.3 is 6.18 Å². The largest absolute Gasteiger partial charge is 0.417 e. The van der Waals surface area contributed by atoms with E-state index < -0.39 is 23.4 Å². The predicted molar refractivity (Wildman–Crippen MR) is 131 cm³/mol. The smallest absolute Gasteiger partial charge is 0.341 e. The molecule has 1 aromatic heterocycles. The Morgan fingerprint density at radius 2 is 1.62 bits per heavy atom. The molecule has 0 aliphatic carbocycles. The van der Waals surface area contributed by atoms with E-state index in [9.17, 15) is 17.6 Å². The predicted octanol–water partition coefficient (Wildman–Crippen LogP) is 6.74. The van der Waals surface area contributed by atoms with Gasteiger partial charge < -0.3 is 10.6 Å². The molecular formula is C27H20F5N5. The molecule has 2 heterocycles. The van der Waals surface area contributed by atoms with Crippen LogP contribution in [0.3, 0.4) is 0 Å². The van der Waals surface area contributed by atoms with Crippen LogP contribution in [0.4, 0.5) is 33.6 Å². The maximum absolute atomic E-state index is 15.5. The fourth-order valence-corrected chi connectivity index (χ4v) is 4.52. The Morgan fingerprint density at radius 1 is 0.919 bits per heavy atom. The highest BCUT2D eigenvalue weighted by molar-refractivity contribution is 5.96. The van der Waals surface area contributed by atoms with Crippen LogP contribution in [0.1, 0.15) is 18.4 Å². The van der Waals surface area contributed by atoms with E-state index in [0.717, 1.165) is 18.2 Å². The van der Waals surface area contributed by atoms with Crippen LogP contribution in [0.5, 0.6) is 0 Å². The monoisotopic (exact) mass is 509 g/mol. The number of alkyl halides is 3. The molecule has 0 radical (unpaired) electrons. The molecule has 1 fully saturated rings. The van der Waals surface area contributed by atoms with Crippen molar-refractivity contribution in [3.8, 4) is 22.4 Å². The molecule has 2 N–H and O–H groups in total. The van der Waals surface area contributed by atoms with Crippen molar-refractivity contribution in [2.75, 3.05) is 18.0 Å². The second kappa shape index (κ2) is 9.41. The van der Waals surface area contributed by atoms with Crippen LogP contribution in [0.25, 0.3) is 38.1 Å². The van der Waals surface area contributed by atoms with Crippen LogP contribution in [0, 0.1) is 18.2 Å². The number of hydrogen-bond donors (Lipinski definition) is 1. The number of nitrogens with zero attached hydrogens (tertiary/aromatic N) is 4. The standard InChI is InChI=1S/C27H20F5N5/c1-34-23-7-6-15(13-21(23)28)24-19-12-16(18-4-2-3-5-20(18)27(30,31)32)14-22(29)25(19)36-26(35-24)37-10-8-17(33)9-11-37/h2-7,12-14,17H,8-11,33H2. The average Bonchev–Trinajstić information content (AvgIpc) is 2.88. The fraction of sp³-hybridized carbons (Fsp3) is 0.222. The van der Waals surface area contributed by atoms with Crippen molar-refractivity contribution >= 4 is 22.5 Å². The summed E-state index contributed by atoms with van der Waals surface area (Å²) < 4.78 is 71.2. The van der Waals surface area contributed by atoms with Crippen LogP contribution < -0.4 is 10.6 Å². The topological polar surface area (TPSA) is 59.4 Å². The van der Waals surface area contributed by atoms with E-state index in [2.05, 4.69) is 14.8 Å². The van der Waals surface area contributed by atoms with Crippen molar-refractivity contribution in [2.24, 2.45) is 5.73 Å². The van der Waals surface area contributed by atoms with Crippen molar-refractivity contribution in [3.63, 3.8) is 0 Å². The van der Waals surface area contributed by atoms with Gasteiger partial charge in [0.1, 0.15) is 17.2 Å². The summed E-state index contributed by atoms with van der Waals surface area (Å²) in [6, 6.07) is 11.2. The van der Waals surface area contributed by atoms with Gasteiger partial charge in [0.05, 0.1) is 17.8 Å². The van der Waals surface area contributed by atoms with E-state index >= 15 is 4.39 Å². The van der Waals surface area contributed by atoms with Gasteiger partial charge in [-0.2, -0.15) is 13.2 Å². The number of nitrogens with two attached hydrogens (primary N) is 1. The highest BCUT2D eigenvalue weighted by atomic mass is 19.4. The Labute approximate surface area is 209 Å². The Bertz CT molecular complexity index is 1540. The van der Waals surface area contributed by atoms with Gasteiger partial charge in [-0.05, 0) is 48.2 Å². The van der Waals surface area contributed by atoms with Gasteiger partial charge in [-0.15, -0.1) is 0 Å². The molecule has 0 bridgehead atoms. The van der Waals surface area contributed by atoms with E-state index in [1.807, 2.05) is 4.90 Å². The molecule has 188 valence electrons. The lowest BCUT2D eigenvalue weighted by Crippen LogP contribution is -2.40. The summed E-state index contributed by atoms with van der Waals surface area (Å²) in [6.07, 6.45) is -3.29. The summed E-state index contributed by atoms with van der Waals surface area (Å²) in [5.74, 6) is -1.41. The van der Waals surface area contributed by atoms with Crippen molar-refractivity contribution in [2.45, 2.75) is 25.1 Å². The van der Waals surface area contributed by atoms with E-state index in [-0.39, 0.29) is 51.0 Å². The molecule has 10 heteroatoms. The van der Waals surface area contributed by atoms with Crippen LogP contribution in [-0.4, -0.2) is 29.1 Å². The zero-order chi connectivity index (χ0) is 26.3. The maximum Gasteiger partial charge on any atom is 0.417 e. The first-order valence-corrected chi connectivity index (χ1v) is 11.5. The van der Waals surface area contributed by atoms with E-state index in [0.29, 0.717) is 25.9 Å². The third-order valence-corrected chi connectivity index (χ3v) is 6.45. The molecule has 37 heavy (non-hydrogen) atoms. The Balaban J connectivity index is 1.76. The number of hydrogen-bond acceptors (Lipinski definition) is 4. The molecule has 3 aromatic carbocycles. The van der Waals surface area contributed by atoms with E-state index in [1.165, 1.54) is 36.4 Å². The zero-order valence-corrected chi connectivity index (χ0v) is 19.4. The lowest BCUT2D eigenvalue weighted by atomic mass is 9.96. The number of fused-ring (bicyclic) bond motifs is 1. The third kappa shape index (κ3) is 4.70. The second-order valence-corrected chi connectivity index (χ2v) is 8.87. The molecule has 5 rings (SSSR count). The molecule has 5 nitrogen and oxygen atoms in total. The first kappa shape index (κ1) is 24.6. The lowest BCUT2D eigenvalue weighted by molar-refractivity contribution is -0.137. The summed E-state index contributed by atoms with van der Waals surface area (Å²) in [5, 5.41) is 0.124. The number of piperidine rings is 1. The highest BCUT2D eigenvalue weighted by Crippen LogP contribution is 2.40. The van der Waals surface area contributed by atoms with Gasteiger partial charge in [0, 0.05) is 30.1 Å². The number of benzene rings is 3. The molecule has 0 saturated carbocycles. The van der Waals surface area contributed by atoms with Gasteiger partial charge in [0.25, 0.3) is 0 Å². The van der Waals surface area contributed by atoms with Crippen molar-refractivity contribution < 1.29 is 22.0 Å². The summed E-state index contributed by atoms with van der Waals surface area (Å²) in [4.78, 5) is 14.0. The van der Waals surface area contributed by atoms with Crippen molar-refractivity contribution in [3.05, 3.63) is 83.2 Å². The molecule has 0 atom stereocenters. The minimum atomic E-state index is -4.65. The third-order valence-electron chi connectivity index (χ3n) is 6.45. The minimum absolute atomic E-state index is 0.0160.